The van der Waals surface area contributed by atoms with Crippen LogP contribution in [-0.4, -0.2) is 221 Å². The van der Waals surface area contributed by atoms with E-state index in [1.54, 1.807) is 44.0 Å². The van der Waals surface area contributed by atoms with Crippen molar-refractivity contribution in [1.29, 1.82) is 0 Å². The topological polar surface area (TPSA) is 360 Å². The summed E-state index contributed by atoms with van der Waals surface area (Å²) in [6, 6.07) is 34.2. The second-order valence-corrected chi connectivity index (χ2v) is 29.5. The van der Waals surface area contributed by atoms with Crippen molar-refractivity contribution < 1.29 is 55.2 Å². The number of ether oxygens (including phenoxy) is 1. The van der Waals surface area contributed by atoms with Gasteiger partial charge in [0.1, 0.15) is 17.0 Å². The summed E-state index contributed by atoms with van der Waals surface area (Å²) in [7, 11) is 1.62. The van der Waals surface area contributed by atoms with E-state index in [1.807, 2.05) is 122 Å². The van der Waals surface area contributed by atoms with E-state index in [4.69, 9.17) is 31.2 Å². The van der Waals surface area contributed by atoms with Crippen LogP contribution in [-0.2, 0) is 24.0 Å². The molecule has 3 aromatic carbocycles. The van der Waals surface area contributed by atoms with E-state index in [9.17, 15) is 24.0 Å². The summed E-state index contributed by atoms with van der Waals surface area (Å²) in [6.45, 7) is 8.62. The summed E-state index contributed by atoms with van der Waals surface area (Å²) < 4.78 is 38.7. The van der Waals surface area contributed by atoms with Gasteiger partial charge in [-0.05, 0) is 137 Å². The van der Waals surface area contributed by atoms with Gasteiger partial charge in [-0.25, -0.2) is 0 Å². The highest BCUT2D eigenvalue weighted by atomic mass is 32.2. The number of benzene rings is 3. The predicted molar refractivity (Wildman–Crippen MR) is 405 cm³/mol. The number of carbonyl (C=O) groups is 5. The number of H-pyrrole nitrogens is 1. The second kappa shape index (κ2) is 38.4. The first kappa shape index (κ1) is 75.9. The molecule has 0 bridgehead atoms. The number of aromatic amines is 1. The van der Waals surface area contributed by atoms with Crippen molar-refractivity contribution in [2.24, 2.45) is 0 Å². The molecule has 0 spiro atoms. The van der Waals surface area contributed by atoms with Crippen molar-refractivity contribution in [3.8, 4) is 63.3 Å². The van der Waals surface area contributed by atoms with Crippen molar-refractivity contribution >= 4 is 110 Å². The van der Waals surface area contributed by atoms with Crippen LogP contribution in [0, 0.1) is 0 Å². The average Bonchev–Trinajstić information content (AvgIpc) is 1.67. The molecule has 560 valence electrons. The summed E-state index contributed by atoms with van der Waals surface area (Å²) in [5.74, 6) is 5.74. The molecule has 5 saturated heterocycles. The lowest BCUT2D eigenvalue weighted by molar-refractivity contribution is -0.128. The number of thioether (sulfide) groups is 5. The number of furan rings is 1. The Kier molecular flexibility index (Phi) is 27.0. The third-order valence-corrected chi connectivity index (χ3v) is 21.5. The van der Waals surface area contributed by atoms with Crippen molar-refractivity contribution in [1.82, 2.24) is 90.4 Å². The van der Waals surface area contributed by atoms with E-state index in [2.05, 4.69) is 65.9 Å². The SMILES string of the molecule is COc1ccc(-c2nnc(SCC(=O)N3CCCC3)o2)cc1.O=C(CSc1nnc(-c2cc3ccccc3[nH]2)o1)N1CCCC1.O=C(CSc1nnc(-c2cc3ccccc3o2)o1)N1CCCC1.O=C(CSc1nnc(-c2cccnc2)o1)N1CCCC1.O=C(CSc1nnc(-c2ccncc2)o1)N1CCCC1. The van der Waals surface area contributed by atoms with Crippen LogP contribution in [0.4, 0.5) is 0 Å². The van der Waals surface area contributed by atoms with Gasteiger partial charge >= 0.3 is 0 Å². The number of nitrogens with zero attached hydrogens (tertiary/aromatic N) is 17. The Bertz CT molecular complexity index is 4560. The molecular weight excluding hydrogens is 1480 g/mol. The van der Waals surface area contributed by atoms with E-state index in [0.717, 1.165) is 180 Å². The van der Waals surface area contributed by atoms with Crippen molar-refractivity contribution in [2.75, 3.05) is 101 Å². The molecule has 0 atom stereocenters. The molecule has 0 radical (unpaired) electrons. The number of pyridine rings is 2. The van der Waals surface area contributed by atoms with E-state index in [-0.39, 0.29) is 29.5 Å². The zero-order valence-corrected chi connectivity index (χ0v) is 63.0. The fourth-order valence-electron chi connectivity index (χ4n) is 11.8. The molecule has 30 nitrogen and oxygen atoms in total. The largest absolute Gasteiger partial charge is 0.497 e. The number of fused-ring (bicyclic) bond motifs is 2. The van der Waals surface area contributed by atoms with Crippen LogP contribution in [0.3, 0.4) is 0 Å². The molecule has 17 rings (SSSR count). The number of hydrogen-bond acceptors (Lipinski definition) is 29. The third kappa shape index (κ3) is 21.3. The summed E-state index contributed by atoms with van der Waals surface area (Å²) in [6.07, 6.45) is 17.7. The fraction of sp³-hybridized carbons (Fsp3) is 0.356. The Labute approximate surface area is 640 Å². The van der Waals surface area contributed by atoms with Gasteiger partial charge in [0.05, 0.1) is 41.4 Å². The molecule has 0 saturated carbocycles. The maximum Gasteiger partial charge on any atom is 0.284 e. The molecule has 9 aromatic heterocycles. The minimum Gasteiger partial charge on any atom is -0.497 e. The maximum atomic E-state index is 12.0. The molecule has 0 aliphatic carbocycles. The first-order valence-electron chi connectivity index (χ1n) is 35.2. The van der Waals surface area contributed by atoms with Crippen LogP contribution >= 0.6 is 58.8 Å². The first-order chi connectivity index (χ1) is 53.0. The number of para-hydroxylation sites is 2. The van der Waals surface area contributed by atoms with Gasteiger partial charge in [-0.1, -0.05) is 95.2 Å². The van der Waals surface area contributed by atoms with Gasteiger partial charge in [0.15, 0.2) is 5.76 Å². The minimum atomic E-state index is 0.121. The Balaban J connectivity index is 0.000000119. The van der Waals surface area contributed by atoms with Gasteiger partial charge in [-0.15, -0.1) is 51.0 Å². The zero-order chi connectivity index (χ0) is 74.2. The third-order valence-electron chi connectivity index (χ3n) is 17.5. The Morgan fingerprint density at radius 1 is 0.370 bits per heavy atom. The van der Waals surface area contributed by atoms with Crippen molar-refractivity contribution in [2.45, 2.75) is 90.3 Å². The van der Waals surface area contributed by atoms with Gasteiger partial charge in [0.2, 0.25) is 47.2 Å². The monoisotopic (exact) mass is 1560 g/mol. The number of likely N-dealkylation sites (tertiary alicyclic amines) is 5. The lowest BCUT2D eigenvalue weighted by Gasteiger charge is -2.13. The van der Waals surface area contributed by atoms with Crippen LogP contribution in [0.1, 0.15) is 64.2 Å². The Morgan fingerprint density at radius 2 is 0.750 bits per heavy atom. The van der Waals surface area contributed by atoms with E-state index < -0.39 is 0 Å². The number of nitrogens with one attached hydrogen (secondary N) is 1. The van der Waals surface area contributed by atoms with Crippen LogP contribution in [0.15, 0.2) is 187 Å². The minimum absolute atomic E-state index is 0.121. The molecule has 14 heterocycles. The smallest absolute Gasteiger partial charge is 0.284 e. The number of aromatic nitrogens is 13. The number of methoxy groups -OCH3 is 1. The zero-order valence-electron chi connectivity index (χ0n) is 58.9. The molecule has 108 heavy (non-hydrogen) atoms. The number of rotatable bonds is 21. The average molecular weight is 1560 g/mol. The molecule has 1 N–H and O–H groups in total. The van der Waals surface area contributed by atoms with Gasteiger partial charge < -0.3 is 60.7 Å². The summed E-state index contributed by atoms with van der Waals surface area (Å²) in [5.41, 5.74) is 5.02. The maximum absolute atomic E-state index is 12.0. The summed E-state index contributed by atoms with van der Waals surface area (Å²) in [4.78, 5) is 80.4. The fourth-order valence-corrected chi connectivity index (χ4v) is 15.1. The molecule has 5 aliphatic rings. The van der Waals surface area contributed by atoms with Crippen LogP contribution in [0.5, 0.6) is 5.75 Å². The van der Waals surface area contributed by atoms with E-state index in [1.165, 1.54) is 58.8 Å². The lowest BCUT2D eigenvalue weighted by atomic mass is 10.2. The Morgan fingerprint density at radius 3 is 1.17 bits per heavy atom. The quantitative estimate of drug-likeness (QED) is 0.0653. The van der Waals surface area contributed by atoms with Gasteiger partial charge in [-0.3, -0.25) is 33.9 Å². The van der Waals surface area contributed by atoms with Gasteiger partial charge in [0.25, 0.3) is 37.9 Å². The molecular formula is C73H76N18O12S5. The Hall–Kier alpha value is -10.4. The highest BCUT2D eigenvalue weighted by molar-refractivity contribution is 8.00. The summed E-state index contributed by atoms with van der Waals surface area (Å²) in [5, 5.41) is 44.0. The molecule has 5 amide bonds. The first-order valence-corrected chi connectivity index (χ1v) is 40.2. The molecule has 0 unspecified atom stereocenters. The van der Waals surface area contributed by atoms with Gasteiger partial charge in [-0.2, -0.15) is 0 Å². The van der Waals surface area contributed by atoms with Crippen molar-refractivity contribution in [3.63, 3.8) is 0 Å². The molecule has 5 aliphatic heterocycles. The standard InChI is InChI=1S/C16H16N4O2S.C16H15N3O3S.C15H17N3O3S.2C13H14N4O2S/c21-14(20-7-3-4-8-20)10-23-16-19-18-15(22-16)13-9-11-5-1-2-6-12(11)17-13;20-14(19-7-3-4-8-19)10-23-16-18-17-15(22-16)13-9-11-5-1-2-6-12(11)21-13;1-20-12-6-4-11(5-7-12)14-16-17-15(21-14)22-10-13(19)18-8-2-3-9-18;18-11(17-7-1-2-8-17)9-20-13-16-15-12(19-13)10-3-5-14-6-4-10;18-11(17-6-1-2-7-17)9-20-13-16-15-12(19-13)10-4-3-5-14-8-10/h1-2,5-6,9,17H,3-4,7-8,10H2;1-2,5-6,9H,3-4,7-8,10H2;4-7H,2-3,8-10H2,1H3;3-6H,1-2,7-9H2;3-5,8H,1-2,6-7,9H2. The number of carbonyl (C=O) groups excluding carboxylic acids is 5. The molecule has 5 fully saturated rings. The van der Waals surface area contributed by atoms with Crippen LogP contribution in [0.25, 0.3) is 79.5 Å². The number of amides is 5. The predicted octanol–water partition coefficient (Wildman–Crippen LogP) is 12.3. The van der Waals surface area contributed by atoms with Crippen LogP contribution in [0.2, 0.25) is 0 Å². The number of hydrogen-bond donors (Lipinski definition) is 1. The normalized spacial score (nSPS) is 14.6. The van der Waals surface area contributed by atoms with E-state index >= 15 is 0 Å². The summed E-state index contributed by atoms with van der Waals surface area (Å²) >= 11 is 6.40. The lowest BCUT2D eigenvalue weighted by Crippen LogP contribution is -2.29. The van der Waals surface area contributed by atoms with Crippen molar-refractivity contribution in [3.05, 3.63) is 134 Å². The van der Waals surface area contributed by atoms with Crippen LogP contribution < -0.4 is 4.74 Å². The second-order valence-electron chi connectivity index (χ2n) is 24.9. The van der Waals surface area contributed by atoms with E-state index in [0.29, 0.717) is 90.1 Å². The van der Waals surface area contributed by atoms with Gasteiger partial charge in [0, 0.05) is 118 Å². The molecule has 35 heteroatoms. The highest BCUT2D eigenvalue weighted by Gasteiger charge is 2.26. The highest BCUT2D eigenvalue weighted by Crippen LogP contribution is 2.32. The molecule has 12 aromatic rings.